The molecule has 6 heteroatoms. The lowest BCUT2D eigenvalue weighted by atomic mass is 10.2. The van der Waals surface area contributed by atoms with Gasteiger partial charge in [0.05, 0.1) is 18.5 Å². The monoisotopic (exact) mass is 342 g/mol. The number of fused-ring (bicyclic) bond motifs is 1. The Morgan fingerprint density at radius 1 is 1.25 bits per heavy atom. The predicted molar refractivity (Wildman–Crippen MR) is 94.9 cm³/mol. The number of carbonyl (C=O) groups excluding carboxylic acids is 1. The molecule has 0 unspecified atom stereocenters. The molecule has 0 aliphatic carbocycles. The van der Waals surface area contributed by atoms with Crippen molar-refractivity contribution in [3.05, 3.63) is 62.5 Å². The second kappa shape index (κ2) is 6.57. The molecule has 0 aliphatic heterocycles. The maximum absolute atomic E-state index is 12.9. The van der Waals surface area contributed by atoms with Crippen molar-refractivity contribution in [3.63, 3.8) is 0 Å². The summed E-state index contributed by atoms with van der Waals surface area (Å²) in [6.07, 6.45) is 0. The highest BCUT2D eigenvalue weighted by Crippen LogP contribution is 2.28. The van der Waals surface area contributed by atoms with E-state index in [1.165, 1.54) is 11.3 Å². The number of benzene rings is 1. The van der Waals surface area contributed by atoms with Crippen molar-refractivity contribution in [2.75, 3.05) is 6.61 Å². The van der Waals surface area contributed by atoms with Crippen molar-refractivity contribution < 1.29 is 9.53 Å². The summed E-state index contributed by atoms with van der Waals surface area (Å²) in [5.41, 5.74) is 1.56. The van der Waals surface area contributed by atoms with Crippen LogP contribution in [0.1, 0.15) is 33.5 Å². The van der Waals surface area contributed by atoms with Crippen LogP contribution >= 0.6 is 11.3 Å². The minimum atomic E-state index is -0.398. The Kier molecular flexibility index (Phi) is 4.49. The number of carbonyl (C=O) groups is 1. The molecule has 1 aromatic carbocycles. The summed E-state index contributed by atoms with van der Waals surface area (Å²) < 4.78 is 6.71. The lowest BCUT2D eigenvalue weighted by Crippen LogP contribution is -2.24. The fourth-order valence-corrected chi connectivity index (χ4v) is 3.77. The van der Waals surface area contributed by atoms with E-state index in [0.29, 0.717) is 39.6 Å². The maximum Gasteiger partial charge on any atom is 0.348 e. The van der Waals surface area contributed by atoms with Gasteiger partial charge >= 0.3 is 5.97 Å². The molecule has 0 saturated carbocycles. The molecule has 0 fully saturated rings. The molecule has 0 N–H and O–H groups in total. The standard InChI is InChI=1S/C18H18N2O3S/c1-4-23-18(22)15-11(2)14-16(24-15)19-12(3)20(17(14)21)10-13-8-6-5-7-9-13/h5-9H,4,10H2,1-3H3. The van der Waals surface area contributed by atoms with Gasteiger partial charge < -0.3 is 4.74 Å². The van der Waals surface area contributed by atoms with E-state index >= 15 is 0 Å². The van der Waals surface area contributed by atoms with Gasteiger partial charge in [-0.2, -0.15) is 0 Å². The minimum Gasteiger partial charge on any atom is -0.462 e. The van der Waals surface area contributed by atoms with E-state index < -0.39 is 5.97 Å². The second-order valence-electron chi connectivity index (χ2n) is 5.49. The lowest BCUT2D eigenvalue weighted by molar-refractivity contribution is 0.0531. The summed E-state index contributed by atoms with van der Waals surface area (Å²) >= 11 is 1.22. The molecular weight excluding hydrogens is 324 g/mol. The van der Waals surface area contributed by atoms with Gasteiger partial charge in [0.2, 0.25) is 0 Å². The van der Waals surface area contributed by atoms with Crippen molar-refractivity contribution in [1.29, 1.82) is 0 Å². The third-order valence-corrected chi connectivity index (χ3v) is 5.05. The smallest absolute Gasteiger partial charge is 0.348 e. The van der Waals surface area contributed by atoms with Gasteiger partial charge in [-0.05, 0) is 31.9 Å². The molecule has 24 heavy (non-hydrogen) atoms. The number of rotatable bonds is 4. The van der Waals surface area contributed by atoms with Gasteiger partial charge in [0.1, 0.15) is 15.5 Å². The topological polar surface area (TPSA) is 61.2 Å². The van der Waals surface area contributed by atoms with Crippen molar-refractivity contribution in [1.82, 2.24) is 9.55 Å². The molecule has 2 heterocycles. The van der Waals surface area contributed by atoms with Crippen LogP contribution in [0.4, 0.5) is 0 Å². The van der Waals surface area contributed by atoms with Gasteiger partial charge in [-0.1, -0.05) is 30.3 Å². The molecule has 124 valence electrons. The molecule has 0 atom stereocenters. The lowest BCUT2D eigenvalue weighted by Gasteiger charge is -2.09. The molecule has 3 aromatic rings. The van der Waals surface area contributed by atoms with E-state index in [-0.39, 0.29) is 5.56 Å². The van der Waals surface area contributed by atoms with E-state index in [0.717, 1.165) is 5.56 Å². The highest BCUT2D eigenvalue weighted by Gasteiger charge is 2.21. The molecule has 3 rings (SSSR count). The summed E-state index contributed by atoms with van der Waals surface area (Å²) in [7, 11) is 0. The third kappa shape index (κ3) is 2.85. The molecule has 0 aliphatic rings. The summed E-state index contributed by atoms with van der Waals surface area (Å²) in [5.74, 6) is 0.234. The Hall–Kier alpha value is -2.47. The first kappa shape index (κ1) is 16.4. The number of ether oxygens (including phenoxy) is 1. The number of hydrogen-bond acceptors (Lipinski definition) is 5. The van der Waals surface area contributed by atoms with Crippen LogP contribution in [-0.4, -0.2) is 22.1 Å². The van der Waals surface area contributed by atoms with Crippen molar-refractivity contribution >= 4 is 27.5 Å². The molecule has 5 nitrogen and oxygen atoms in total. The van der Waals surface area contributed by atoms with E-state index in [2.05, 4.69) is 4.98 Å². The van der Waals surface area contributed by atoms with Crippen molar-refractivity contribution in [2.45, 2.75) is 27.3 Å². The van der Waals surface area contributed by atoms with Crippen LogP contribution in [-0.2, 0) is 11.3 Å². The first-order valence-electron chi connectivity index (χ1n) is 7.74. The van der Waals surface area contributed by atoms with Crippen LogP contribution in [0.2, 0.25) is 0 Å². The van der Waals surface area contributed by atoms with Crippen LogP contribution in [0, 0.1) is 13.8 Å². The number of hydrogen-bond donors (Lipinski definition) is 0. The number of esters is 1. The Morgan fingerprint density at radius 3 is 2.62 bits per heavy atom. The Balaban J connectivity index is 2.14. The number of aromatic nitrogens is 2. The summed E-state index contributed by atoms with van der Waals surface area (Å²) in [6, 6.07) is 9.77. The van der Waals surface area contributed by atoms with Gasteiger partial charge in [0, 0.05) is 0 Å². The number of aryl methyl sites for hydroxylation is 2. The molecule has 2 aromatic heterocycles. The normalized spacial score (nSPS) is 11.0. The zero-order valence-electron chi connectivity index (χ0n) is 13.8. The molecule has 0 bridgehead atoms. The van der Waals surface area contributed by atoms with Gasteiger partial charge in [0.15, 0.2) is 0 Å². The molecular formula is C18H18N2O3S. The molecule has 0 spiro atoms. The fraction of sp³-hybridized carbons (Fsp3) is 0.278. The fourth-order valence-electron chi connectivity index (χ4n) is 2.66. The SMILES string of the molecule is CCOC(=O)c1sc2nc(C)n(Cc3ccccc3)c(=O)c2c1C. The summed E-state index contributed by atoms with van der Waals surface area (Å²) in [4.78, 5) is 30.6. The van der Waals surface area contributed by atoms with Gasteiger partial charge in [-0.25, -0.2) is 9.78 Å². The Labute approximate surface area is 143 Å². The predicted octanol–water partition coefficient (Wildman–Crippen LogP) is 3.30. The largest absolute Gasteiger partial charge is 0.462 e. The van der Waals surface area contributed by atoms with Crippen LogP contribution in [0.15, 0.2) is 35.1 Å². The highest BCUT2D eigenvalue weighted by atomic mass is 32.1. The summed E-state index contributed by atoms with van der Waals surface area (Å²) in [6.45, 7) is 6.10. The van der Waals surface area contributed by atoms with E-state index in [1.807, 2.05) is 37.3 Å². The van der Waals surface area contributed by atoms with Crippen molar-refractivity contribution in [2.24, 2.45) is 0 Å². The maximum atomic E-state index is 12.9. The average molecular weight is 342 g/mol. The van der Waals surface area contributed by atoms with Crippen LogP contribution in [0.3, 0.4) is 0 Å². The number of nitrogens with zero attached hydrogens (tertiary/aromatic N) is 2. The first-order chi connectivity index (χ1) is 11.5. The van der Waals surface area contributed by atoms with E-state index in [9.17, 15) is 9.59 Å². The minimum absolute atomic E-state index is 0.120. The average Bonchev–Trinajstić information content (AvgIpc) is 2.89. The van der Waals surface area contributed by atoms with Crippen molar-refractivity contribution in [3.8, 4) is 0 Å². The molecule has 0 saturated heterocycles. The molecule has 0 radical (unpaired) electrons. The number of thiophene rings is 1. The van der Waals surface area contributed by atoms with Crippen LogP contribution < -0.4 is 5.56 Å². The first-order valence-corrected chi connectivity index (χ1v) is 8.56. The van der Waals surface area contributed by atoms with Gasteiger partial charge in [-0.15, -0.1) is 11.3 Å². The van der Waals surface area contributed by atoms with E-state index in [1.54, 1.807) is 18.4 Å². The Morgan fingerprint density at radius 2 is 1.96 bits per heavy atom. The second-order valence-corrected chi connectivity index (χ2v) is 6.49. The molecule has 0 amide bonds. The highest BCUT2D eigenvalue weighted by molar-refractivity contribution is 7.20. The van der Waals surface area contributed by atoms with Gasteiger partial charge in [0.25, 0.3) is 5.56 Å². The Bertz CT molecular complexity index is 958. The van der Waals surface area contributed by atoms with Crippen LogP contribution in [0.25, 0.3) is 10.2 Å². The van der Waals surface area contributed by atoms with Gasteiger partial charge in [-0.3, -0.25) is 9.36 Å². The zero-order valence-corrected chi connectivity index (χ0v) is 14.6. The van der Waals surface area contributed by atoms with E-state index in [4.69, 9.17) is 4.74 Å². The summed E-state index contributed by atoms with van der Waals surface area (Å²) in [5, 5.41) is 0.504. The third-order valence-electron chi connectivity index (χ3n) is 3.89. The zero-order chi connectivity index (χ0) is 17.3. The van der Waals surface area contributed by atoms with Crippen LogP contribution in [0.5, 0.6) is 0 Å². The quantitative estimate of drug-likeness (QED) is 0.683.